The maximum Gasteiger partial charge on any atom is 0.130 e. The predicted molar refractivity (Wildman–Crippen MR) is 79.1 cm³/mol. The molecule has 1 aromatic carbocycles. The average Bonchev–Trinajstić information content (AvgIpc) is 2.42. The van der Waals surface area contributed by atoms with E-state index in [0.29, 0.717) is 0 Å². The van der Waals surface area contributed by atoms with E-state index in [-0.39, 0.29) is 5.41 Å². The Bertz CT molecular complexity index is 427. The molecule has 1 aromatic rings. The van der Waals surface area contributed by atoms with Crippen molar-refractivity contribution in [2.45, 2.75) is 45.4 Å². The van der Waals surface area contributed by atoms with E-state index >= 15 is 0 Å². The van der Waals surface area contributed by atoms with Crippen LogP contribution < -0.4 is 4.74 Å². The molecule has 0 spiro atoms. The first-order chi connectivity index (χ1) is 8.68. The van der Waals surface area contributed by atoms with Gasteiger partial charge in [-0.1, -0.05) is 45.5 Å². The average molecular weight is 244 g/mol. The molecule has 0 amide bonds. The lowest BCUT2D eigenvalue weighted by Crippen LogP contribution is -2.24. The second-order valence-corrected chi connectivity index (χ2v) is 4.62. The van der Waals surface area contributed by atoms with Crippen LogP contribution in [0.25, 0.3) is 6.08 Å². The summed E-state index contributed by atoms with van der Waals surface area (Å²) in [6, 6.07) is 6.33. The van der Waals surface area contributed by atoms with Gasteiger partial charge in [-0.3, -0.25) is 0 Å². The first kappa shape index (κ1) is 14.6. The Hall–Kier alpha value is -1.46. The summed E-state index contributed by atoms with van der Waals surface area (Å²) >= 11 is 0. The van der Waals surface area contributed by atoms with E-state index in [4.69, 9.17) is 4.74 Å². The fourth-order valence-electron chi connectivity index (χ4n) is 2.75. The molecular weight excluding hydrogens is 220 g/mol. The summed E-state index contributed by atoms with van der Waals surface area (Å²) in [4.78, 5) is 0. The second kappa shape index (κ2) is 6.47. The van der Waals surface area contributed by atoms with Gasteiger partial charge in [0.1, 0.15) is 5.75 Å². The van der Waals surface area contributed by atoms with Crippen LogP contribution in [0.15, 0.2) is 30.5 Å². The normalized spacial score (nSPS) is 10.9. The van der Waals surface area contributed by atoms with Crippen LogP contribution in [0.5, 0.6) is 5.75 Å². The molecule has 1 nitrogen and oxygen atoms in total. The Balaban J connectivity index is 3.48. The topological polar surface area (TPSA) is 9.23 Å². The molecule has 18 heavy (non-hydrogen) atoms. The lowest BCUT2D eigenvalue weighted by Gasteiger charge is -2.33. The van der Waals surface area contributed by atoms with Gasteiger partial charge in [0.05, 0.1) is 7.11 Å². The Morgan fingerprint density at radius 3 is 2.28 bits per heavy atom. The lowest BCUT2D eigenvalue weighted by atomic mass is 9.73. The van der Waals surface area contributed by atoms with Gasteiger partial charge in [-0.25, -0.2) is 0 Å². The lowest BCUT2D eigenvalue weighted by molar-refractivity contribution is 0.345. The van der Waals surface area contributed by atoms with Crippen LogP contribution in [0.1, 0.15) is 51.2 Å². The summed E-state index contributed by atoms with van der Waals surface area (Å²) < 4.78 is 5.64. The van der Waals surface area contributed by atoms with Gasteiger partial charge >= 0.3 is 0 Å². The predicted octanol–water partition coefficient (Wildman–Crippen LogP) is 4.96. The molecule has 98 valence electrons. The van der Waals surface area contributed by atoms with E-state index in [9.17, 15) is 0 Å². The summed E-state index contributed by atoms with van der Waals surface area (Å²) in [5, 5.41) is 0. The van der Waals surface area contributed by atoms with Crippen molar-refractivity contribution < 1.29 is 4.74 Å². The zero-order valence-electron chi connectivity index (χ0n) is 12.0. The fourth-order valence-corrected chi connectivity index (χ4v) is 2.75. The summed E-state index contributed by atoms with van der Waals surface area (Å²) in [5.41, 5.74) is 5.41. The van der Waals surface area contributed by atoms with Crippen LogP contribution in [0.3, 0.4) is 0 Å². The first-order valence-electron chi connectivity index (χ1n) is 6.72. The number of benzene rings is 1. The monoisotopic (exact) mass is 244 g/mol. The van der Waals surface area contributed by atoms with Crippen molar-refractivity contribution in [2.24, 2.45) is 0 Å². The molecule has 1 heteroatoms. The van der Waals surface area contributed by atoms with Crippen LogP contribution in [0.4, 0.5) is 0 Å². The van der Waals surface area contributed by atoms with Gasteiger partial charge in [0.2, 0.25) is 0 Å². The Morgan fingerprint density at radius 2 is 1.83 bits per heavy atom. The van der Waals surface area contributed by atoms with Crippen molar-refractivity contribution >= 4 is 6.08 Å². The minimum atomic E-state index is 0.205. The molecule has 0 saturated heterocycles. The summed E-state index contributed by atoms with van der Waals surface area (Å²) in [7, 11) is 1.74. The molecule has 0 aromatic heterocycles. The Morgan fingerprint density at radius 1 is 1.22 bits per heavy atom. The Kier molecular flexibility index (Phi) is 5.25. The smallest absolute Gasteiger partial charge is 0.130 e. The van der Waals surface area contributed by atoms with Gasteiger partial charge in [-0.15, -0.1) is 5.73 Å². The van der Waals surface area contributed by atoms with Crippen molar-refractivity contribution in [1.29, 1.82) is 0 Å². The number of hydrogen-bond donors (Lipinski definition) is 0. The molecule has 0 radical (unpaired) electrons. The molecule has 1 rings (SSSR count). The molecule has 0 saturated carbocycles. The third kappa shape index (κ3) is 2.52. The highest BCUT2D eigenvalue weighted by Gasteiger charge is 2.30. The minimum Gasteiger partial charge on any atom is -0.496 e. The van der Waals surface area contributed by atoms with E-state index in [0.717, 1.165) is 30.6 Å². The van der Waals surface area contributed by atoms with Crippen LogP contribution in [-0.2, 0) is 5.41 Å². The van der Waals surface area contributed by atoms with Crippen molar-refractivity contribution in [3.63, 3.8) is 0 Å². The number of rotatable bonds is 6. The van der Waals surface area contributed by atoms with Crippen molar-refractivity contribution in [3.05, 3.63) is 41.6 Å². The number of para-hydroxylation sites is 1. The third-order valence-electron chi connectivity index (χ3n) is 4.11. The van der Waals surface area contributed by atoms with Gasteiger partial charge in [-0.2, -0.15) is 0 Å². The minimum absolute atomic E-state index is 0.205. The molecule has 0 aliphatic rings. The van der Waals surface area contributed by atoms with E-state index < -0.39 is 0 Å². The SMILES string of the molecule is C=C=Cc1cccc(C(CC)(CC)CC)c1OC. The van der Waals surface area contributed by atoms with Gasteiger partial charge in [0.25, 0.3) is 0 Å². The largest absolute Gasteiger partial charge is 0.496 e. The molecule has 0 aliphatic heterocycles. The summed E-state index contributed by atoms with van der Waals surface area (Å²) in [5.74, 6) is 0.971. The van der Waals surface area contributed by atoms with Crippen LogP contribution in [0, 0.1) is 0 Å². The van der Waals surface area contributed by atoms with Gasteiger partial charge in [0, 0.05) is 11.1 Å². The van der Waals surface area contributed by atoms with Crippen LogP contribution in [-0.4, -0.2) is 7.11 Å². The Labute approximate surface area is 111 Å². The standard InChI is InChI=1S/C17H24O/c1-6-11-14-12-10-13-15(16(14)18-5)17(7-2,8-3)9-4/h10-13H,1,7-9H2,2-5H3. The highest BCUT2D eigenvalue weighted by atomic mass is 16.5. The maximum absolute atomic E-state index is 5.64. The quantitative estimate of drug-likeness (QED) is 0.642. The van der Waals surface area contributed by atoms with Crippen molar-refractivity contribution in [3.8, 4) is 5.75 Å². The second-order valence-electron chi connectivity index (χ2n) is 4.62. The molecule has 0 N–H and O–H groups in total. The van der Waals surface area contributed by atoms with Gasteiger partial charge in [0.15, 0.2) is 0 Å². The van der Waals surface area contributed by atoms with Gasteiger partial charge in [-0.05, 0) is 30.8 Å². The van der Waals surface area contributed by atoms with E-state index in [1.54, 1.807) is 7.11 Å². The number of methoxy groups -OCH3 is 1. The highest BCUT2D eigenvalue weighted by molar-refractivity contribution is 5.61. The molecule has 0 unspecified atom stereocenters. The number of ether oxygens (including phenoxy) is 1. The highest BCUT2D eigenvalue weighted by Crippen LogP contribution is 2.41. The van der Waals surface area contributed by atoms with E-state index in [1.807, 2.05) is 12.1 Å². The van der Waals surface area contributed by atoms with Crippen molar-refractivity contribution in [1.82, 2.24) is 0 Å². The fraction of sp³-hybridized carbons (Fsp3) is 0.471. The molecule has 0 atom stereocenters. The summed E-state index contributed by atoms with van der Waals surface area (Å²) in [6.07, 6.45) is 5.25. The third-order valence-corrected chi connectivity index (χ3v) is 4.11. The molecule has 0 heterocycles. The molecule has 0 bridgehead atoms. The maximum atomic E-state index is 5.64. The van der Waals surface area contributed by atoms with Crippen molar-refractivity contribution in [2.75, 3.05) is 7.11 Å². The van der Waals surface area contributed by atoms with Crippen LogP contribution in [0.2, 0.25) is 0 Å². The number of hydrogen-bond acceptors (Lipinski definition) is 1. The zero-order valence-corrected chi connectivity index (χ0v) is 12.0. The van der Waals surface area contributed by atoms with E-state index in [1.165, 1.54) is 5.56 Å². The van der Waals surface area contributed by atoms with E-state index in [2.05, 4.69) is 45.2 Å². The molecule has 0 aliphatic carbocycles. The zero-order chi connectivity index (χ0) is 13.6. The first-order valence-corrected chi connectivity index (χ1v) is 6.72. The van der Waals surface area contributed by atoms with Crippen LogP contribution >= 0.6 is 0 Å². The molecule has 0 fully saturated rings. The summed E-state index contributed by atoms with van der Waals surface area (Å²) in [6.45, 7) is 10.4. The molecular formula is C17H24O. The van der Waals surface area contributed by atoms with Gasteiger partial charge < -0.3 is 4.74 Å².